The Balaban J connectivity index is 2.55. The lowest BCUT2D eigenvalue weighted by Crippen LogP contribution is -2.25. The number of nitrogens with two attached hydrogens (primary N) is 1. The van der Waals surface area contributed by atoms with Gasteiger partial charge in [-0.25, -0.2) is 9.48 Å². The number of thiophene rings is 1. The van der Waals surface area contributed by atoms with Gasteiger partial charge in [0.2, 0.25) is 5.91 Å². The molecule has 0 spiro atoms. The maximum absolute atomic E-state index is 11.9. The van der Waals surface area contributed by atoms with Crippen LogP contribution in [0, 0.1) is 0 Å². The molecule has 2 heterocycles. The van der Waals surface area contributed by atoms with Gasteiger partial charge < -0.3 is 10.5 Å². The highest BCUT2D eigenvalue weighted by Gasteiger charge is 2.26. The molecule has 2 aromatic heterocycles. The highest BCUT2D eigenvalue weighted by Crippen LogP contribution is 2.29. The number of aromatic nitrogens is 3. The topological polar surface area (TPSA) is 100 Å². The molecule has 2 rings (SSSR count). The molecule has 0 fully saturated rings. The van der Waals surface area contributed by atoms with E-state index in [1.54, 1.807) is 13.8 Å². The van der Waals surface area contributed by atoms with Crippen molar-refractivity contribution >= 4 is 23.2 Å². The first kappa shape index (κ1) is 14.2. The second-order valence-electron chi connectivity index (χ2n) is 4.01. The van der Waals surface area contributed by atoms with Gasteiger partial charge in [0.1, 0.15) is 11.7 Å². The van der Waals surface area contributed by atoms with Gasteiger partial charge in [-0.15, -0.1) is 16.4 Å². The number of nitrogens with zero attached hydrogens (tertiary/aromatic N) is 3. The van der Waals surface area contributed by atoms with E-state index in [9.17, 15) is 9.59 Å². The minimum absolute atomic E-state index is 0.0856. The van der Waals surface area contributed by atoms with E-state index < -0.39 is 17.9 Å². The van der Waals surface area contributed by atoms with Gasteiger partial charge in [-0.3, -0.25) is 4.79 Å². The number of ether oxygens (including phenoxy) is 1. The summed E-state index contributed by atoms with van der Waals surface area (Å²) < 4.78 is 6.30. The van der Waals surface area contributed by atoms with E-state index in [1.807, 2.05) is 17.5 Å². The second kappa shape index (κ2) is 5.83. The molecule has 7 nitrogen and oxygen atoms in total. The molecule has 0 aliphatic heterocycles. The zero-order chi connectivity index (χ0) is 14.7. The van der Waals surface area contributed by atoms with Gasteiger partial charge in [0.15, 0.2) is 5.69 Å². The number of carbonyl (C=O) groups excluding carboxylic acids is 2. The van der Waals surface area contributed by atoms with Crippen molar-refractivity contribution in [3.05, 3.63) is 23.2 Å². The minimum atomic E-state index is -0.706. The largest absolute Gasteiger partial charge is 0.461 e. The quantitative estimate of drug-likeness (QED) is 0.836. The molecule has 20 heavy (non-hydrogen) atoms. The van der Waals surface area contributed by atoms with E-state index in [2.05, 4.69) is 10.3 Å². The molecule has 2 aromatic rings. The predicted octanol–water partition coefficient (Wildman–Crippen LogP) is 1.23. The average molecular weight is 294 g/mol. The highest BCUT2D eigenvalue weighted by molar-refractivity contribution is 7.13. The summed E-state index contributed by atoms with van der Waals surface area (Å²) in [5, 5.41) is 9.56. The molecule has 0 aliphatic rings. The Morgan fingerprint density at radius 3 is 2.85 bits per heavy atom. The standard InChI is InChI=1S/C12H14N4O3S/c1-3-19-12(18)9-10(8-5-4-6-20-8)16(15-14-9)7(2)11(13)17/h4-7H,3H2,1-2H3,(H2,13,17). The minimum Gasteiger partial charge on any atom is -0.461 e. The Morgan fingerprint density at radius 2 is 2.30 bits per heavy atom. The van der Waals surface area contributed by atoms with Crippen LogP contribution in [0.15, 0.2) is 17.5 Å². The van der Waals surface area contributed by atoms with Crippen LogP contribution in [0.5, 0.6) is 0 Å². The summed E-state index contributed by atoms with van der Waals surface area (Å²) in [5.74, 6) is -1.12. The van der Waals surface area contributed by atoms with Crippen LogP contribution in [0.1, 0.15) is 30.4 Å². The number of carbonyl (C=O) groups is 2. The Kier molecular flexibility index (Phi) is 4.14. The Labute approximate surface area is 119 Å². The Morgan fingerprint density at radius 1 is 1.55 bits per heavy atom. The maximum atomic E-state index is 11.9. The SMILES string of the molecule is CCOC(=O)c1nnn(C(C)C(N)=O)c1-c1cccs1. The van der Waals surface area contributed by atoms with E-state index in [-0.39, 0.29) is 12.3 Å². The van der Waals surface area contributed by atoms with Crippen LogP contribution < -0.4 is 5.73 Å². The molecule has 0 aliphatic carbocycles. The van der Waals surface area contributed by atoms with Gasteiger partial charge in [0.25, 0.3) is 0 Å². The molecule has 0 aromatic carbocycles. The first-order chi connectivity index (χ1) is 9.56. The summed E-state index contributed by atoms with van der Waals surface area (Å²) in [6, 6.07) is 2.94. The fourth-order valence-electron chi connectivity index (χ4n) is 1.66. The summed E-state index contributed by atoms with van der Waals surface area (Å²) in [7, 11) is 0. The normalized spacial score (nSPS) is 12.1. The van der Waals surface area contributed by atoms with Crippen LogP contribution in [0.25, 0.3) is 10.6 Å². The van der Waals surface area contributed by atoms with Crippen molar-refractivity contribution < 1.29 is 14.3 Å². The van der Waals surface area contributed by atoms with E-state index in [0.29, 0.717) is 5.69 Å². The summed E-state index contributed by atoms with van der Waals surface area (Å²) in [4.78, 5) is 24.0. The van der Waals surface area contributed by atoms with E-state index in [4.69, 9.17) is 10.5 Å². The third-order valence-electron chi connectivity index (χ3n) is 2.70. The fraction of sp³-hybridized carbons (Fsp3) is 0.333. The highest BCUT2D eigenvalue weighted by atomic mass is 32.1. The molecule has 106 valence electrons. The smallest absolute Gasteiger partial charge is 0.361 e. The van der Waals surface area contributed by atoms with Crippen LogP contribution >= 0.6 is 11.3 Å². The Bertz CT molecular complexity index is 621. The monoisotopic (exact) mass is 294 g/mol. The molecule has 1 atom stereocenters. The van der Waals surface area contributed by atoms with Crippen LogP contribution in [0.2, 0.25) is 0 Å². The maximum Gasteiger partial charge on any atom is 0.361 e. The summed E-state index contributed by atoms with van der Waals surface area (Å²) >= 11 is 1.41. The first-order valence-corrected chi connectivity index (χ1v) is 6.89. The molecule has 0 radical (unpaired) electrons. The average Bonchev–Trinajstić information content (AvgIpc) is 3.06. The Hall–Kier alpha value is -2.22. The number of rotatable bonds is 5. The number of hydrogen-bond donors (Lipinski definition) is 1. The van der Waals surface area contributed by atoms with Crippen LogP contribution in [-0.2, 0) is 9.53 Å². The lowest BCUT2D eigenvalue weighted by atomic mass is 10.2. The predicted molar refractivity (Wildman–Crippen MR) is 73.2 cm³/mol. The van der Waals surface area contributed by atoms with Gasteiger partial charge in [-0.2, -0.15) is 0 Å². The van der Waals surface area contributed by atoms with Crippen molar-refractivity contribution in [1.29, 1.82) is 0 Å². The molecular weight excluding hydrogens is 280 g/mol. The van der Waals surface area contributed by atoms with Crippen molar-refractivity contribution in [2.75, 3.05) is 6.61 Å². The first-order valence-electron chi connectivity index (χ1n) is 6.01. The molecule has 1 unspecified atom stereocenters. The third-order valence-corrected chi connectivity index (χ3v) is 3.57. The van der Waals surface area contributed by atoms with Crippen molar-refractivity contribution in [2.24, 2.45) is 5.73 Å². The molecule has 1 amide bonds. The molecule has 0 saturated heterocycles. The number of esters is 1. The van der Waals surface area contributed by atoms with Gasteiger partial charge in [0, 0.05) is 0 Å². The van der Waals surface area contributed by atoms with E-state index in [0.717, 1.165) is 4.88 Å². The van der Waals surface area contributed by atoms with Gasteiger partial charge in [-0.1, -0.05) is 11.3 Å². The number of primary amides is 1. The number of hydrogen-bond acceptors (Lipinski definition) is 6. The van der Waals surface area contributed by atoms with Crippen molar-refractivity contribution in [1.82, 2.24) is 15.0 Å². The van der Waals surface area contributed by atoms with Crippen LogP contribution in [-0.4, -0.2) is 33.5 Å². The summed E-state index contributed by atoms with van der Waals surface area (Å²) in [6.45, 7) is 3.54. The fourth-order valence-corrected chi connectivity index (χ4v) is 2.43. The van der Waals surface area contributed by atoms with Gasteiger partial charge in [0.05, 0.1) is 11.5 Å². The zero-order valence-electron chi connectivity index (χ0n) is 11.1. The summed E-state index contributed by atoms with van der Waals surface area (Å²) in [5.41, 5.74) is 5.83. The molecule has 8 heteroatoms. The molecule has 0 bridgehead atoms. The van der Waals surface area contributed by atoms with Gasteiger partial charge >= 0.3 is 5.97 Å². The second-order valence-corrected chi connectivity index (χ2v) is 4.96. The van der Waals surface area contributed by atoms with Crippen LogP contribution in [0.4, 0.5) is 0 Å². The van der Waals surface area contributed by atoms with Crippen molar-refractivity contribution in [3.63, 3.8) is 0 Å². The lowest BCUT2D eigenvalue weighted by molar-refractivity contribution is -0.120. The molecule has 0 saturated carbocycles. The molecule has 2 N–H and O–H groups in total. The van der Waals surface area contributed by atoms with E-state index in [1.165, 1.54) is 16.0 Å². The van der Waals surface area contributed by atoms with Crippen molar-refractivity contribution in [2.45, 2.75) is 19.9 Å². The van der Waals surface area contributed by atoms with E-state index >= 15 is 0 Å². The number of amides is 1. The zero-order valence-corrected chi connectivity index (χ0v) is 11.9. The lowest BCUT2D eigenvalue weighted by Gasteiger charge is -2.10. The summed E-state index contributed by atoms with van der Waals surface area (Å²) in [6.07, 6.45) is 0. The van der Waals surface area contributed by atoms with Crippen LogP contribution in [0.3, 0.4) is 0 Å². The van der Waals surface area contributed by atoms with Crippen molar-refractivity contribution in [3.8, 4) is 10.6 Å². The molecular formula is C12H14N4O3S. The van der Waals surface area contributed by atoms with Gasteiger partial charge in [-0.05, 0) is 25.3 Å². The third kappa shape index (κ3) is 2.55.